The van der Waals surface area contributed by atoms with Gasteiger partial charge in [-0.25, -0.2) is 4.98 Å². The number of benzene rings is 1. The van der Waals surface area contributed by atoms with Crippen molar-refractivity contribution in [2.45, 2.75) is 0 Å². The fraction of sp³-hybridized carbons (Fsp3) is 0. The zero-order valence-corrected chi connectivity index (χ0v) is 9.74. The zero-order chi connectivity index (χ0) is 11.7. The highest BCUT2D eigenvalue weighted by atomic mass is 32.1. The number of pyridine rings is 1. The van der Waals surface area contributed by atoms with Crippen LogP contribution in [0.5, 0.6) is 0 Å². The average Bonchev–Trinajstić information content (AvgIpc) is 2.86. The van der Waals surface area contributed by atoms with Crippen molar-refractivity contribution in [3.8, 4) is 17.2 Å². The molecule has 3 heteroatoms. The highest BCUT2D eigenvalue weighted by molar-refractivity contribution is 7.16. The van der Waals surface area contributed by atoms with E-state index < -0.39 is 0 Å². The van der Waals surface area contributed by atoms with Crippen LogP contribution in [0, 0.1) is 11.3 Å². The molecule has 0 aliphatic carbocycles. The lowest BCUT2D eigenvalue weighted by Crippen LogP contribution is -1.87. The summed E-state index contributed by atoms with van der Waals surface area (Å²) < 4.78 is 0. The molecular weight excluding hydrogens is 228 g/mol. The second kappa shape index (κ2) is 4.00. The Hall–Kier alpha value is -2.18. The predicted octanol–water partition coefficient (Wildman–Crippen LogP) is 3.83. The fourth-order valence-corrected chi connectivity index (χ4v) is 2.67. The SMILES string of the molecule is N#Cc1cnc2sccc2c1-c1ccccc1. The molecule has 0 spiro atoms. The van der Waals surface area contributed by atoms with Crippen LogP contribution in [-0.2, 0) is 0 Å². The van der Waals surface area contributed by atoms with Gasteiger partial charge in [0.15, 0.2) is 0 Å². The van der Waals surface area contributed by atoms with Gasteiger partial charge in [0.25, 0.3) is 0 Å². The van der Waals surface area contributed by atoms with Crippen LogP contribution < -0.4 is 0 Å². The van der Waals surface area contributed by atoms with Gasteiger partial charge < -0.3 is 0 Å². The van der Waals surface area contributed by atoms with Gasteiger partial charge in [0.05, 0.1) is 5.56 Å². The lowest BCUT2D eigenvalue weighted by molar-refractivity contribution is 1.39. The quantitative estimate of drug-likeness (QED) is 0.643. The van der Waals surface area contributed by atoms with Crippen LogP contribution in [-0.4, -0.2) is 4.98 Å². The molecule has 2 heterocycles. The van der Waals surface area contributed by atoms with Crippen LogP contribution in [0.15, 0.2) is 48.0 Å². The van der Waals surface area contributed by atoms with Crippen molar-refractivity contribution < 1.29 is 0 Å². The molecule has 2 nitrogen and oxygen atoms in total. The lowest BCUT2D eigenvalue weighted by Gasteiger charge is -2.05. The topological polar surface area (TPSA) is 36.7 Å². The summed E-state index contributed by atoms with van der Waals surface area (Å²) >= 11 is 1.59. The molecule has 0 bridgehead atoms. The molecule has 1 aromatic carbocycles. The summed E-state index contributed by atoms with van der Waals surface area (Å²) in [7, 11) is 0. The summed E-state index contributed by atoms with van der Waals surface area (Å²) in [6, 6.07) is 14.2. The van der Waals surface area contributed by atoms with Crippen molar-refractivity contribution in [2.24, 2.45) is 0 Å². The molecule has 0 unspecified atom stereocenters. The third-order valence-corrected chi connectivity index (χ3v) is 3.50. The molecule has 3 rings (SSSR count). The van der Waals surface area contributed by atoms with E-state index in [0.29, 0.717) is 5.56 Å². The van der Waals surface area contributed by atoms with Crippen molar-refractivity contribution in [3.63, 3.8) is 0 Å². The van der Waals surface area contributed by atoms with Crippen LogP contribution in [0.1, 0.15) is 5.56 Å². The van der Waals surface area contributed by atoms with Crippen LogP contribution >= 0.6 is 11.3 Å². The summed E-state index contributed by atoms with van der Waals surface area (Å²) in [6.45, 7) is 0. The highest BCUT2D eigenvalue weighted by Gasteiger charge is 2.11. The van der Waals surface area contributed by atoms with Crippen LogP contribution in [0.4, 0.5) is 0 Å². The van der Waals surface area contributed by atoms with Gasteiger partial charge in [-0.15, -0.1) is 11.3 Å². The van der Waals surface area contributed by atoms with Gasteiger partial charge >= 0.3 is 0 Å². The molecule has 3 aromatic rings. The van der Waals surface area contributed by atoms with E-state index in [0.717, 1.165) is 21.3 Å². The minimum Gasteiger partial charge on any atom is -0.244 e. The van der Waals surface area contributed by atoms with Gasteiger partial charge in [-0.05, 0) is 17.0 Å². The normalized spacial score (nSPS) is 10.3. The Labute approximate surface area is 103 Å². The molecule has 0 aliphatic rings. The van der Waals surface area contributed by atoms with Crippen LogP contribution in [0.25, 0.3) is 21.3 Å². The molecule has 80 valence electrons. The van der Waals surface area contributed by atoms with Gasteiger partial charge in [-0.1, -0.05) is 30.3 Å². The first-order valence-corrected chi connectivity index (χ1v) is 6.10. The number of hydrogen-bond donors (Lipinski definition) is 0. The molecule has 0 aliphatic heterocycles. The highest BCUT2D eigenvalue weighted by Crippen LogP contribution is 2.32. The van der Waals surface area contributed by atoms with Gasteiger partial charge in [-0.3, -0.25) is 0 Å². The maximum Gasteiger partial charge on any atom is 0.123 e. The Morgan fingerprint density at radius 3 is 2.71 bits per heavy atom. The predicted molar refractivity (Wildman–Crippen MR) is 69.8 cm³/mol. The van der Waals surface area contributed by atoms with Crippen molar-refractivity contribution >= 4 is 21.6 Å². The molecule has 0 N–H and O–H groups in total. The van der Waals surface area contributed by atoms with Gasteiger partial charge in [0.1, 0.15) is 10.9 Å². The summed E-state index contributed by atoms with van der Waals surface area (Å²) in [4.78, 5) is 5.27. The minimum atomic E-state index is 0.627. The third-order valence-electron chi connectivity index (χ3n) is 2.68. The van der Waals surface area contributed by atoms with E-state index in [1.807, 2.05) is 41.8 Å². The molecule has 0 saturated carbocycles. The van der Waals surface area contributed by atoms with Crippen LogP contribution in [0.3, 0.4) is 0 Å². The van der Waals surface area contributed by atoms with E-state index in [2.05, 4.69) is 11.1 Å². The second-order valence-electron chi connectivity index (χ2n) is 3.66. The van der Waals surface area contributed by atoms with Gasteiger partial charge in [0.2, 0.25) is 0 Å². The Morgan fingerprint density at radius 1 is 1.12 bits per heavy atom. The smallest absolute Gasteiger partial charge is 0.123 e. The van der Waals surface area contributed by atoms with Crippen LogP contribution in [0.2, 0.25) is 0 Å². The Bertz CT molecular complexity index is 708. The lowest BCUT2D eigenvalue weighted by atomic mass is 9.99. The van der Waals surface area contributed by atoms with E-state index in [-0.39, 0.29) is 0 Å². The molecule has 2 aromatic heterocycles. The molecule has 0 fully saturated rings. The maximum atomic E-state index is 9.19. The number of nitriles is 1. The molecule has 17 heavy (non-hydrogen) atoms. The average molecular weight is 236 g/mol. The van der Waals surface area contributed by atoms with Crippen molar-refractivity contribution in [3.05, 3.63) is 53.5 Å². The number of rotatable bonds is 1. The monoisotopic (exact) mass is 236 g/mol. The summed E-state index contributed by atoms with van der Waals surface area (Å²) in [6.07, 6.45) is 1.65. The molecule has 0 atom stereocenters. The molecule has 0 saturated heterocycles. The van der Waals surface area contributed by atoms with E-state index >= 15 is 0 Å². The first kappa shape index (κ1) is 10.0. The summed E-state index contributed by atoms with van der Waals surface area (Å²) in [5.41, 5.74) is 2.68. The zero-order valence-electron chi connectivity index (χ0n) is 8.92. The molecular formula is C14H8N2S. The van der Waals surface area contributed by atoms with E-state index in [1.54, 1.807) is 17.5 Å². The number of nitrogens with zero attached hydrogens (tertiary/aromatic N) is 2. The van der Waals surface area contributed by atoms with E-state index in [1.165, 1.54) is 0 Å². The second-order valence-corrected chi connectivity index (χ2v) is 4.56. The number of thiophene rings is 1. The van der Waals surface area contributed by atoms with Crippen molar-refractivity contribution in [1.29, 1.82) is 5.26 Å². The first-order chi connectivity index (χ1) is 8.40. The van der Waals surface area contributed by atoms with Gasteiger partial charge in [-0.2, -0.15) is 5.26 Å². The summed E-state index contributed by atoms with van der Waals surface area (Å²) in [5, 5.41) is 12.3. The molecule has 0 amide bonds. The van der Waals surface area contributed by atoms with Gasteiger partial charge in [0, 0.05) is 17.1 Å². The number of hydrogen-bond acceptors (Lipinski definition) is 3. The third kappa shape index (κ3) is 1.59. The van der Waals surface area contributed by atoms with Crippen molar-refractivity contribution in [1.82, 2.24) is 4.98 Å². The summed E-state index contributed by atoms with van der Waals surface area (Å²) in [5.74, 6) is 0. The molecule has 0 radical (unpaired) electrons. The van der Waals surface area contributed by atoms with E-state index in [9.17, 15) is 5.26 Å². The number of aromatic nitrogens is 1. The number of fused-ring (bicyclic) bond motifs is 1. The first-order valence-electron chi connectivity index (χ1n) is 5.22. The Morgan fingerprint density at radius 2 is 1.94 bits per heavy atom. The van der Waals surface area contributed by atoms with Crippen molar-refractivity contribution in [2.75, 3.05) is 0 Å². The maximum absolute atomic E-state index is 9.19. The Kier molecular flexibility index (Phi) is 2.36. The van der Waals surface area contributed by atoms with E-state index in [4.69, 9.17) is 0 Å². The fourth-order valence-electron chi connectivity index (χ4n) is 1.92. The largest absolute Gasteiger partial charge is 0.244 e. The minimum absolute atomic E-state index is 0.627. The Balaban J connectivity index is 2.41. The standard InChI is InChI=1S/C14H8N2S/c15-8-11-9-16-14-12(6-7-17-14)13(11)10-4-2-1-3-5-10/h1-7,9H.